The van der Waals surface area contributed by atoms with Crippen molar-refractivity contribution >= 4 is 39.5 Å². The van der Waals surface area contributed by atoms with Gasteiger partial charge in [-0.2, -0.15) is 0 Å². The largest absolute Gasteiger partial charge is 0.472 e. The fraction of sp³-hybridized carbons (Fsp3) is 0.951. The summed E-state index contributed by atoms with van der Waals surface area (Å²) in [5.74, 6) is 0.130. The van der Waals surface area contributed by atoms with E-state index in [2.05, 4.69) is 48.5 Å². The molecule has 0 aliphatic carbocycles. The number of aliphatic hydroxyl groups excluding tert-OH is 1. The highest BCUT2D eigenvalue weighted by molar-refractivity contribution is 7.47. The van der Waals surface area contributed by atoms with E-state index < -0.39 is 97.5 Å². The van der Waals surface area contributed by atoms with E-state index in [1.165, 1.54) is 231 Å². The lowest BCUT2D eigenvalue weighted by Gasteiger charge is -2.21. The molecule has 0 spiro atoms. The molecule has 0 heterocycles. The van der Waals surface area contributed by atoms with Crippen LogP contribution in [0, 0.1) is 17.8 Å². The molecular formula is C82H160O17P2. The molecule has 2 unspecified atom stereocenters. The fourth-order valence-electron chi connectivity index (χ4n) is 12.7. The minimum Gasteiger partial charge on any atom is -0.462 e. The highest BCUT2D eigenvalue weighted by Crippen LogP contribution is 2.45. The molecule has 0 saturated heterocycles. The molecule has 17 nitrogen and oxygen atoms in total. The summed E-state index contributed by atoms with van der Waals surface area (Å²) in [6.45, 7) is 11.9. The number of ether oxygens (including phenoxy) is 4. The number of rotatable bonds is 80. The topological polar surface area (TPSA) is 237 Å². The first kappa shape index (κ1) is 99.1. The maximum Gasteiger partial charge on any atom is 0.472 e. The highest BCUT2D eigenvalue weighted by Gasteiger charge is 2.30. The molecular weight excluding hydrogens is 1320 g/mol. The van der Waals surface area contributed by atoms with Gasteiger partial charge in [0.25, 0.3) is 0 Å². The van der Waals surface area contributed by atoms with Crippen molar-refractivity contribution in [2.24, 2.45) is 17.8 Å². The second-order valence-electron chi connectivity index (χ2n) is 30.9. The van der Waals surface area contributed by atoms with Gasteiger partial charge in [0.05, 0.1) is 26.4 Å². The molecule has 101 heavy (non-hydrogen) atoms. The van der Waals surface area contributed by atoms with Gasteiger partial charge in [-0.1, -0.05) is 376 Å². The van der Waals surface area contributed by atoms with Gasteiger partial charge in [-0.15, -0.1) is 0 Å². The van der Waals surface area contributed by atoms with Gasteiger partial charge in [0.2, 0.25) is 0 Å². The molecule has 0 amide bonds. The lowest BCUT2D eigenvalue weighted by atomic mass is 10.0. The molecule has 0 radical (unpaired) electrons. The SMILES string of the molecule is CCCCCCCCCCCCCCCCCCCCCC(=O)OC[C@H](COP(=O)(O)OC[C@@H](O)COP(=O)(O)OC[C@@H](COC(=O)CCCCCCCCCC(C)C)OC(=O)CCCCCCCCCCC(C)C)OC(=O)CCCCCCCCCCCCCCCCCCCCC(C)C. The van der Waals surface area contributed by atoms with Crippen molar-refractivity contribution in [2.75, 3.05) is 39.6 Å². The van der Waals surface area contributed by atoms with Crippen LogP contribution in [-0.2, 0) is 65.4 Å². The quantitative estimate of drug-likeness (QED) is 0.0222. The minimum atomic E-state index is -4.96. The van der Waals surface area contributed by atoms with Crippen LogP contribution in [0.3, 0.4) is 0 Å². The fourth-order valence-corrected chi connectivity index (χ4v) is 14.2. The summed E-state index contributed by atoms with van der Waals surface area (Å²) in [5.41, 5.74) is 0. The molecule has 0 aliphatic heterocycles. The number of esters is 4. The van der Waals surface area contributed by atoms with Gasteiger partial charge in [0.1, 0.15) is 19.3 Å². The number of hydrogen-bond donors (Lipinski definition) is 3. The number of unbranched alkanes of at least 4 members (excludes halogenated alkanes) is 48. The Morgan fingerprint density at radius 3 is 0.673 bits per heavy atom. The Kier molecular flexibility index (Phi) is 70.9. The third kappa shape index (κ3) is 76.1. The third-order valence-electron chi connectivity index (χ3n) is 19.1. The highest BCUT2D eigenvalue weighted by atomic mass is 31.2. The zero-order valence-corrected chi connectivity index (χ0v) is 68.2. The van der Waals surface area contributed by atoms with Crippen molar-refractivity contribution in [3.05, 3.63) is 0 Å². The van der Waals surface area contributed by atoms with Gasteiger partial charge in [0.15, 0.2) is 12.2 Å². The molecule has 0 rings (SSSR count). The lowest BCUT2D eigenvalue weighted by molar-refractivity contribution is -0.161. The van der Waals surface area contributed by atoms with Gasteiger partial charge in [-0.3, -0.25) is 37.3 Å². The van der Waals surface area contributed by atoms with E-state index >= 15 is 0 Å². The van der Waals surface area contributed by atoms with Gasteiger partial charge in [-0.05, 0) is 43.4 Å². The van der Waals surface area contributed by atoms with Crippen LogP contribution in [0.15, 0.2) is 0 Å². The van der Waals surface area contributed by atoms with Gasteiger partial charge >= 0.3 is 39.5 Å². The van der Waals surface area contributed by atoms with Crippen LogP contribution < -0.4 is 0 Å². The van der Waals surface area contributed by atoms with E-state index in [9.17, 15) is 43.2 Å². The van der Waals surface area contributed by atoms with E-state index in [0.717, 1.165) is 108 Å². The van der Waals surface area contributed by atoms with Gasteiger partial charge in [0, 0.05) is 25.7 Å². The number of hydrogen-bond acceptors (Lipinski definition) is 15. The van der Waals surface area contributed by atoms with Crippen LogP contribution in [0.2, 0.25) is 0 Å². The van der Waals surface area contributed by atoms with Crippen molar-refractivity contribution in [3.63, 3.8) is 0 Å². The molecule has 0 aliphatic rings. The van der Waals surface area contributed by atoms with Gasteiger partial charge in [-0.25, -0.2) is 9.13 Å². The third-order valence-corrected chi connectivity index (χ3v) is 21.0. The Labute approximate surface area is 619 Å². The summed E-state index contributed by atoms with van der Waals surface area (Å²) >= 11 is 0. The van der Waals surface area contributed by atoms with E-state index in [1.54, 1.807) is 0 Å². The summed E-state index contributed by atoms with van der Waals surface area (Å²) in [7, 11) is -9.92. The second-order valence-corrected chi connectivity index (χ2v) is 33.8. The van der Waals surface area contributed by atoms with Crippen LogP contribution >= 0.6 is 15.6 Å². The van der Waals surface area contributed by atoms with E-state index in [4.69, 9.17) is 37.0 Å². The Hall–Kier alpha value is -1.94. The number of carbonyl (C=O) groups is 4. The molecule has 0 saturated carbocycles. The summed E-state index contributed by atoms with van der Waals surface area (Å²) < 4.78 is 68.7. The Morgan fingerprint density at radius 2 is 0.455 bits per heavy atom. The number of carbonyl (C=O) groups excluding carboxylic acids is 4. The molecule has 3 N–H and O–H groups in total. The zero-order valence-electron chi connectivity index (χ0n) is 66.4. The summed E-state index contributed by atoms with van der Waals surface area (Å²) in [5, 5.41) is 10.6. The smallest absolute Gasteiger partial charge is 0.462 e. The average Bonchev–Trinajstić information content (AvgIpc) is 0.919. The Morgan fingerprint density at radius 1 is 0.267 bits per heavy atom. The average molecular weight is 1480 g/mol. The summed E-state index contributed by atoms with van der Waals surface area (Å²) in [6, 6.07) is 0. The van der Waals surface area contributed by atoms with Crippen molar-refractivity contribution in [3.8, 4) is 0 Å². The predicted molar refractivity (Wildman–Crippen MR) is 414 cm³/mol. The van der Waals surface area contributed by atoms with E-state index in [-0.39, 0.29) is 25.7 Å². The monoisotopic (exact) mass is 1480 g/mol. The minimum absolute atomic E-state index is 0.104. The van der Waals surface area contributed by atoms with E-state index in [1.807, 2.05) is 0 Å². The normalized spacial score (nSPS) is 14.0. The van der Waals surface area contributed by atoms with Crippen LogP contribution in [0.5, 0.6) is 0 Å². The molecule has 0 fully saturated rings. The Balaban J connectivity index is 5.20. The molecule has 0 bridgehead atoms. The number of phosphoric acid groups is 2. The van der Waals surface area contributed by atoms with Crippen LogP contribution in [-0.4, -0.2) is 96.7 Å². The molecule has 600 valence electrons. The van der Waals surface area contributed by atoms with Crippen molar-refractivity contribution in [2.45, 2.75) is 446 Å². The molecule has 0 aromatic heterocycles. The van der Waals surface area contributed by atoms with Crippen molar-refractivity contribution in [1.29, 1.82) is 0 Å². The molecule has 19 heteroatoms. The zero-order chi connectivity index (χ0) is 74.4. The first-order valence-corrected chi connectivity index (χ1v) is 45.3. The molecule has 0 aromatic carbocycles. The maximum absolute atomic E-state index is 13.1. The summed E-state index contributed by atoms with van der Waals surface area (Å²) in [4.78, 5) is 73.0. The first-order valence-electron chi connectivity index (χ1n) is 42.3. The number of phosphoric ester groups is 2. The summed E-state index contributed by atoms with van der Waals surface area (Å²) in [6.07, 6.45) is 61.4. The van der Waals surface area contributed by atoms with Crippen LogP contribution in [0.25, 0.3) is 0 Å². The standard InChI is InChI=1S/C82H160O17P2/c1-8-9-10-11-12-13-14-15-16-17-18-22-25-28-31-34-42-49-56-63-79(84)92-69-77(98-81(86)65-58-51-43-35-32-29-26-23-20-19-21-24-27-30-33-39-46-53-60-73(2)3)71-96-100(88,89)94-67-76(83)68-95-101(90,91)97-72-78(70-93-80(85)64-57-50-45-38-41-48-55-62-75(6)7)99-82(87)66-59-52-44-37-36-40-47-54-61-74(4)5/h73-78,83H,8-72H2,1-7H3,(H,88,89)(H,90,91)/t76-,77-,78-/m1/s1. The second kappa shape index (κ2) is 72.3. The van der Waals surface area contributed by atoms with Gasteiger partial charge < -0.3 is 33.8 Å². The maximum atomic E-state index is 13.1. The Bertz CT molecular complexity index is 1960. The first-order chi connectivity index (χ1) is 48.7. The van der Waals surface area contributed by atoms with Crippen molar-refractivity contribution in [1.82, 2.24) is 0 Å². The predicted octanol–water partition coefficient (Wildman–Crippen LogP) is 24.5. The lowest BCUT2D eigenvalue weighted by Crippen LogP contribution is -2.30. The molecule has 5 atom stereocenters. The van der Waals surface area contributed by atoms with Crippen LogP contribution in [0.1, 0.15) is 427 Å². The number of aliphatic hydroxyl groups is 1. The van der Waals surface area contributed by atoms with Crippen LogP contribution in [0.4, 0.5) is 0 Å². The van der Waals surface area contributed by atoms with E-state index in [0.29, 0.717) is 31.6 Å². The van der Waals surface area contributed by atoms with Crippen molar-refractivity contribution < 1.29 is 80.2 Å². The molecule has 0 aromatic rings.